The summed E-state index contributed by atoms with van der Waals surface area (Å²) in [6, 6.07) is 2.59. The summed E-state index contributed by atoms with van der Waals surface area (Å²) in [6.45, 7) is 1.34. The second-order valence-corrected chi connectivity index (χ2v) is 12.6. The van der Waals surface area contributed by atoms with Crippen molar-refractivity contribution in [2.75, 3.05) is 37.9 Å². The minimum Gasteiger partial charge on any atom is -0.610 e. The number of carbonyl (C=O) groups excluding carboxylic acids is 2. The number of hydrogen-bond donors (Lipinski definition) is 2. The van der Waals surface area contributed by atoms with E-state index in [0.29, 0.717) is 33.0 Å². The van der Waals surface area contributed by atoms with Crippen LogP contribution in [0.1, 0.15) is 0 Å². The number of carboxylic acid groups (broad SMARTS) is 1. The van der Waals surface area contributed by atoms with E-state index in [4.69, 9.17) is 0 Å². The molecule has 0 saturated carbocycles. The minimum absolute atomic E-state index is 0.0637. The number of carboxylic acids is 1. The topological polar surface area (TPSA) is 157 Å². The van der Waals surface area contributed by atoms with Crippen molar-refractivity contribution in [3.8, 4) is 0 Å². The van der Waals surface area contributed by atoms with E-state index in [2.05, 4.69) is 20.8 Å². The monoisotopic (exact) mass is 557 g/mol. The zero-order chi connectivity index (χ0) is 25.1. The minimum atomic E-state index is -1.49. The van der Waals surface area contributed by atoms with E-state index in [1.165, 1.54) is 39.8 Å². The van der Waals surface area contributed by atoms with E-state index < -0.39 is 40.4 Å². The largest absolute Gasteiger partial charge is 0.610 e. The quantitative estimate of drug-likeness (QED) is 0.217. The van der Waals surface area contributed by atoms with Crippen LogP contribution < -0.4 is 5.32 Å². The lowest BCUT2D eigenvalue weighted by Gasteiger charge is -2.49. The number of nitrogens with one attached hydrogen (secondary N) is 1. The molecule has 2 N–H and O–H groups in total. The predicted octanol–water partition coefficient (Wildman–Crippen LogP) is -0.0653. The molecule has 35 heavy (non-hydrogen) atoms. The van der Waals surface area contributed by atoms with Gasteiger partial charge in [0.05, 0.1) is 6.54 Å². The van der Waals surface area contributed by atoms with Gasteiger partial charge in [-0.3, -0.25) is 14.5 Å². The second kappa shape index (κ2) is 11.3. The third-order valence-electron chi connectivity index (χ3n) is 5.18. The van der Waals surface area contributed by atoms with Crippen molar-refractivity contribution in [2.45, 2.75) is 27.3 Å². The lowest BCUT2D eigenvalue weighted by Crippen LogP contribution is -2.70. The molecule has 0 aromatic carbocycles. The van der Waals surface area contributed by atoms with Gasteiger partial charge < -0.3 is 19.9 Å². The van der Waals surface area contributed by atoms with Crippen LogP contribution in [-0.4, -0.2) is 107 Å². The number of rotatable bonds is 11. The van der Waals surface area contributed by atoms with Gasteiger partial charge >= 0.3 is 5.97 Å². The molecule has 2 aromatic heterocycles. The highest BCUT2D eigenvalue weighted by molar-refractivity contribution is 8.01. The van der Waals surface area contributed by atoms with Crippen LogP contribution in [0.2, 0.25) is 0 Å². The fourth-order valence-corrected chi connectivity index (χ4v) is 7.78. The molecule has 2 aliphatic rings. The Morgan fingerprint density at radius 2 is 2.23 bits per heavy atom. The number of aliphatic carboxylic acids is 1. The summed E-state index contributed by atoms with van der Waals surface area (Å²) in [5, 5.41) is 26.0. The molecule has 0 radical (unpaired) electrons. The third kappa shape index (κ3) is 5.83. The summed E-state index contributed by atoms with van der Waals surface area (Å²) in [5.74, 6) is -1.77. The molecular formula is C19H23N7O5S4. The van der Waals surface area contributed by atoms with Gasteiger partial charge in [-0.2, -0.15) is 0 Å². The van der Waals surface area contributed by atoms with Gasteiger partial charge in [0.1, 0.15) is 17.1 Å². The Labute approximate surface area is 216 Å². The first-order valence-corrected chi connectivity index (χ1v) is 14.6. The summed E-state index contributed by atoms with van der Waals surface area (Å²) in [5.41, 5.74) is 0.522. The highest BCUT2D eigenvalue weighted by atomic mass is 32.2. The van der Waals surface area contributed by atoms with E-state index in [1.54, 1.807) is 22.2 Å². The molecule has 2 amide bonds. The number of thiophene rings is 1. The average Bonchev–Trinajstić information content (AvgIpc) is 3.51. The number of nitrogens with zero attached hydrogens (tertiary/aromatic N) is 6. The molecule has 4 rings (SSSR count). The summed E-state index contributed by atoms with van der Waals surface area (Å²) in [6.07, 6.45) is 0. The molecule has 12 nitrogen and oxygen atoms in total. The molecule has 0 spiro atoms. The maximum atomic E-state index is 12.8. The molecular weight excluding hydrogens is 535 g/mol. The molecule has 3 atom stereocenters. The zero-order valence-electron chi connectivity index (χ0n) is 18.8. The Morgan fingerprint density at radius 1 is 1.43 bits per heavy atom. The molecule has 4 heterocycles. The maximum Gasteiger partial charge on any atom is 0.352 e. The molecule has 16 heteroatoms. The number of hydrogen-bond acceptors (Lipinski definition) is 11. The third-order valence-corrected chi connectivity index (χ3v) is 10.2. The number of carbonyl (C=O) groups is 3. The van der Waals surface area contributed by atoms with Gasteiger partial charge in [-0.15, -0.1) is 16.9 Å². The summed E-state index contributed by atoms with van der Waals surface area (Å²) in [7, 11) is 3.89. The highest BCUT2D eigenvalue weighted by Crippen LogP contribution is 2.41. The molecule has 2 unspecified atom stereocenters. The number of thioether (sulfide) groups is 2. The number of amides is 2. The normalized spacial score (nSPS) is 20.6. The molecule has 1 fully saturated rings. The second-order valence-electron chi connectivity index (χ2n) is 7.91. The van der Waals surface area contributed by atoms with Crippen LogP contribution in [-0.2, 0) is 32.1 Å². The van der Waals surface area contributed by atoms with E-state index in [-0.39, 0.29) is 11.4 Å². The van der Waals surface area contributed by atoms with E-state index in [1.807, 2.05) is 19.0 Å². The Morgan fingerprint density at radius 3 is 2.91 bits per heavy atom. The van der Waals surface area contributed by atoms with Crippen LogP contribution in [0.3, 0.4) is 0 Å². The Hall–Kier alpha value is -2.11. The highest BCUT2D eigenvalue weighted by Gasteiger charge is 2.54. The van der Waals surface area contributed by atoms with Gasteiger partial charge in [0.25, 0.3) is 11.8 Å². The molecule has 0 aliphatic carbocycles. The first-order valence-electron chi connectivity index (χ1n) is 10.4. The van der Waals surface area contributed by atoms with Crippen molar-refractivity contribution < 1.29 is 24.0 Å². The smallest absolute Gasteiger partial charge is 0.352 e. The number of likely N-dealkylation sites (N-methyl/N-ethyl adjacent to an activating group) is 1. The van der Waals surface area contributed by atoms with Crippen LogP contribution in [0.15, 0.2) is 38.1 Å². The number of aromatic nitrogens is 4. The van der Waals surface area contributed by atoms with Crippen LogP contribution in [0.4, 0.5) is 0 Å². The first kappa shape index (κ1) is 26.0. The fourth-order valence-electron chi connectivity index (χ4n) is 3.48. The summed E-state index contributed by atoms with van der Waals surface area (Å²) < 4.78 is 14.5. The summed E-state index contributed by atoms with van der Waals surface area (Å²) >= 11 is 2.50. The van der Waals surface area contributed by atoms with Crippen molar-refractivity contribution >= 4 is 63.8 Å². The number of β-lactam (4-membered cyclic amide) rings is 1. The van der Waals surface area contributed by atoms with Crippen molar-refractivity contribution in [3.05, 3.63) is 28.8 Å². The first-order chi connectivity index (χ1) is 16.8. The SMILES string of the molecule is CN(C)CCn1nnnc1SCC1=C(C(=O)O)N2C(=O)C(NC(=O)C[S+]([O-])c3cccs3)[C@@H]2SC1. The van der Waals surface area contributed by atoms with E-state index in [0.717, 1.165) is 6.54 Å². The van der Waals surface area contributed by atoms with Gasteiger partial charge in [0.15, 0.2) is 5.75 Å². The fraction of sp³-hybridized carbons (Fsp3) is 0.474. The van der Waals surface area contributed by atoms with E-state index in [9.17, 15) is 24.0 Å². The van der Waals surface area contributed by atoms with Crippen LogP contribution in [0, 0.1) is 0 Å². The van der Waals surface area contributed by atoms with Crippen LogP contribution in [0.25, 0.3) is 0 Å². The zero-order valence-corrected chi connectivity index (χ0v) is 22.1. The van der Waals surface area contributed by atoms with Crippen molar-refractivity contribution in [1.29, 1.82) is 0 Å². The van der Waals surface area contributed by atoms with Gasteiger partial charge in [0.2, 0.25) is 9.37 Å². The molecule has 188 valence electrons. The summed E-state index contributed by atoms with van der Waals surface area (Å²) in [4.78, 5) is 40.5. The number of fused-ring (bicyclic) bond motifs is 1. The van der Waals surface area contributed by atoms with Crippen molar-refractivity contribution in [2.24, 2.45) is 0 Å². The Kier molecular flexibility index (Phi) is 8.38. The average molecular weight is 558 g/mol. The molecule has 0 bridgehead atoms. The lowest BCUT2D eigenvalue weighted by molar-refractivity contribution is -0.150. The van der Waals surface area contributed by atoms with Crippen molar-refractivity contribution in [3.63, 3.8) is 0 Å². The molecule has 1 saturated heterocycles. The van der Waals surface area contributed by atoms with Crippen molar-refractivity contribution in [1.82, 2.24) is 35.3 Å². The van der Waals surface area contributed by atoms with Crippen LogP contribution >= 0.6 is 34.9 Å². The van der Waals surface area contributed by atoms with Crippen LogP contribution in [0.5, 0.6) is 0 Å². The van der Waals surface area contributed by atoms with Gasteiger partial charge in [0, 0.05) is 35.3 Å². The van der Waals surface area contributed by atoms with Gasteiger partial charge in [-0.05, 0) is 41.5 Å². The van der Waals surface area contributed by atoms with Gasteiger partial charge in [-0.25, -0.2) is 9.48 Å². The Bertz CT molecular complexity index is 1120. The predicted molar refractivity (Wildman–Crippen MR) is 132 cm³/mol. The molecule has 2 aliphatic heterocycles. The van der Waals surface area contributed by atoms with Gasteiger partial charge in [-0.1, -0.05) is 23.1 Å². The Balaban J connectivity index is 1.39. The molecule has 2 aromatic rings. The van der Waals surface area contributed by atoms with E-state index >= 15 is 0 Å². The number of tetrazole rings is 1. The lowest BCUT2D eigenvalue weighted by atomic mass is 10.0. The maximum absolute atomic E-state index is 12.8. The standard InChI is InChI=1S/C19H23N7O5S4/c1-24(2)5-6-25-19(21-22-23-25)34-9-11-8-33-17-14(16(28)26(17)15(11)18(29)30)20-12(27)10-35(31)13-4-3-7-32-13/h3-4,7,14,17H,5-6,8-10H2,1-2H3,(H,20,27)(H,29,30)/t14?,17-,35?/m0/s1.